The van der Waals surface area contributed by atoms with Crippen molar-refractivity contribution in [2.45, 2.75) is 45.2 Å². The molecule has 2 fully saturated rings. The SMILES string of the molecule is CC(C)N1CCC(CNC2CCCN(C)C2)C1. The molecule has 2 aliphatic heterocycles. The molecule has 0 aromatic carbocycles. The maximum absolute atomic E-state index is 3.79. The first-order valence-electron chi connectivity index (χ1n) is 7.31. The molecule has 0 saturated carbocycles. The minimum atomic E-state index is 0.723. The predicted molar refractivity (Wildman–Crippen MR) is 73.3 cm³/mol. The Labute approximate surface area is 107 Å². The van der Waals surface area contributed by atoms with Gasteiger partial charge in [0.1, 0.15) is 0 Å². The normalized spacial score (nSPS) is 32.5. The molecule has 2 saturated heterocycles. The van der Waals surface area contributed by atoms with Gasteiger partial charge in [-0.25, -0.2) is 0 Å². The molecule has 0 aromatic rings. The van der Waals surface area contributed by atoms with Gasteiger partial charge in [0.25, 0.3) is 0 Å². The smallest absolute Gasteiger partial charge is 0.0195 e. The summed E-state index contributed by atoms with van der Waals surface area (Å²) in [7, 11) is 2.24. The number of nitrogens with one attached hydrogen (secondary N) is 1. The second-order valence-electron chi connectivity index (χ2n) is 6.25. The maximum Gasteiger partial charge on any atom is 0.0195 e. The van der Waals surface area contributed by atoms with Gasteiger partial charge in [-0.05, 0) is 65.7 Å². The molecule has 0 bridgehead atoms. The van der Waals surface area contributed by atoms with E-state index in [0.717, 1.165) is 18.0 Å². The topological polar surface area (TPSA) is 18.5 Å². The molecule has 0 amide bonds. The molecule has 2 atom stereocenters. The molecular weight excluding hydrogens is 210 g/mol. The Balaban J connectivity index is 1.65. The highest BCUT2D eigenvalue weighted by molar-refractivity contribution is 4.82. The van der Waals surface area contributed by atoms with Crippen LogP contribution in [-0.2, 0) is 0 Å². The van der Waals surface area contributed by atoms with Gasteiger partial charge in [0.15, 0.2) is 0 Å². The molecule has 17 heavy (non-hydrogen) atoms. The van der Waals surface area contributed by atoms with Crippen LogP contribution in [0.1, 0.15) is 33.1 Å². The molecule has 3 heteroatoms. The zero-order valence-corrected chi connectivity index (χ0v) is 11.8. The van der Waals surface area contributed by atoms with Crippen molar-refractivity contribution in [3.8, 4) is 0 Å². The molecule has 2 unspecified atom stereocenters. The lowest BCUT2D eigenvalue weighted by Gasteiger charge is -2.31. The maximum atomic E-state index is 3.79. The number of nitrogens with zero attached hydrogens (tertiary/aromatic N) is 2. The molecule has 3 nitrogen and oxygen atoms in total. The zero-order valence-electron chi connectivity index (χ0n) is 11.8. The summed E-state index contributed by atoms with van der Waals surface area (Å²) in [6.07, 6.45) is 4.11. The summed E-state index contributed by atoms with van der Waals surface area (Å²) >= 11 is 0. The van der Waals surface area contributed by atoms with Crippen molar-refractivity contribution in [3.63, 3.8) is 0 Å². The number of piperidine rings is 1. The van der Waals surface area contributed by atoms with E-state index < -0.39 is 0 Å². The van der Waals surface area contributed by atoms with Crippen LogP contribution in [-0.4, -0.2) is 61.7 Å². The van der Waals surface area contributed by atoms with Crippen molar-refractivity contribution < 1.29 is 0 Å². The molecule has 0 aliphatic carbocycles. The Morgan fingerprint density at radius 1 is 1.18 bits per heavy atom. The molecule has 0 radical (unpaired) electrons. The van der Waals surface area contributed by atoms with Crippen LogP contribution in [0.4, 0.5) is 0 Å². The van der Waals surface area contributed by atoms with Crippen LogP contribution in [0.25, 0.3) is 0 Å². The number of rotatable bonds is 4. The zero-order chi connectivity index (χ0) is 12.3. The van der Waals surface area contributed by atoms with Crippen molar-refractivity contribution >= 4 is 0 Å². The summed E-state index contributed by atoms with van der Waals surface area (Å²) in [6.45, 7) is 11.0. The van der Waals surface area contributed by atoms with Gasteiger partial charge in [-0.3, -0.25) is 0 Å². The van der Waals surface area contributed by atoms with Crippen LogP contribution in [0.3, 0.4) is 0 Å². The molecule has 100 valence electrons. The van der Waals surface area contributed by atoms with Crippen LogP contribution in [0, 0.1) is 5.92 Å². The van der Waals surface area contributed by atoms with Crippen LogP contribution >= 0.6 is 0 Å². The van der Waals surface area contributed by atoms with Crippen molar-refractivity contribution in [3.05, 3.63) is 0 Å². The Morgan fingerprint density at radius 2 is 2.00 bits per heavy atom. The van der Waals surface area contributed by atoms with Crippen LogP contribution < -0.4 is 5.32 Å². The van der Waals surface area contributed by atoms with Crippen molar-refractivity contribution in [1.82, 2.24) is 15.1 Å². The van der Waals surface area contributed by atoms with E-state index in [9.17, 15) is 0 Å². The number of likely N-dealkylation sites (N-methyl/N-ethyl adjacent to an activating group) is 1. The highest BCUT2D eigenvalue weighted by Gasteiger charge is 2.25. The monoisotopic (exact) mass is 239 g/mol. The minimum Gasteiger partial charge on any atom is -0.312 e. The lowest BCUT2D eigenvalue weighted by Crippen LogP contribution is -2.45. The van der Waals surface area contributed by atoms with Gasteiger partial charge in [-0.1, -0.05) is 0 Å². The van der Waals surface area contributed by atoms with E-state index in [1.54, 1.807) is 0 Å². The fourth-order valence-electron chi connectivity index (χ4n) is 3.16. The second kappa shape index (κ2) is 6.17. The second-order valence-corrected chi connectivity index (χ2v) is 6.25. The average Bonchev–Trinajstić information content (AvgIpc) is 2.75. The molecular formula is C14H29N3. The highest BCUT2D eigenvalue weighted by Crippen LogP contribution is 2.18. The van der Waals surface area contributed by atoms with E-state index >= 15 is 0 Å². The molecule has 1 N–H and O–H groups in total. The molecule has 2 heterocycles. The van der Waals surface area contributed by atoms with Crippen molar-refractivity contribution in [2.75, 3.05) is 39.8 Å². The highest BCUT2D eigenvalue weighted by atomic mass is 15.2. The largest absolute Gasteiger partial charge is 0.312 e. The summed E-state index contributed by atoms with van der Waals surface area (Å²) < 4.78 is 0. The van der Waals surface area contributed by atoms with Gasteiger partial charge < -0.3 is 15.1 Å². The van der Waals surface area contributed by atoms with E-state index in [4.69, 9.17) is 0 Å². The van der Waals surface area contributed by atoms with E-state index in [1.165, 1.54) is 52.0 Å². The lowest BCUT2D eigenvalue weighted by molar-refractivity contribution is 0.219. The molecule has 2 aliphatic rings. The number of likely N-dealkylation sites (tertiary alicyclic amines) is 2. The predicted octanol–water partition coefficient (Wildman–Crippen LogP) is 1.40. The van der Waals surface area contributed by atoms with Gasteiger partial charge in [-0.15, -0.1) is 0 Å². The fraction of sp³-hybridized carbons (Fsp3) is 1.00. The summed E-state index contributed by atoms with van der Waals surface area (Å²) in [5.74, 6) is 0.879. The van der Waals surface area contributed by atoms with Gasteiger partial charge in [0.2, 0.25) is 0 Å². The van der Waals surface area contributed by atoms with Crippen LogP contribution in [0.15, 0.2) is 0 Å². The first-order valence-corrected chi connectivity index (χ1v) is 7.31. The first kappa shape index (κ1) is 13.3. The minimum absolute atomic E-state index is 0.723. The Kier molecular flexibility index (Phi) is 4.83. The Bertz CT molecular complexity index is 230. The number of hydrogen-bond donors (Lipinski definition) is 1. The van der Waals surface area contributed by atoms with E-state index in [0.29, 0.717) is 0 Å². The summed E-state index contributed by atoms with van der Waals surface area (Å²) in [5, 5.41) is 3.79. The first-order chi connectivity index (χ1) is 8.15. The summed E-state index contributed by atoms with van der Waals surface area (Å²) in [6, 6.07) is 1.46. The number of hydrogen-bond acceptors (Lipinski definition) is 3. The van der Waals surface area contributed by atoms with E-state index in [-0.39, 0.29) is 0 Å². The van der Waals surface area contributed by atoms with E-state index in [1.807, 2.05) is 0 Å². The van der Waals surface area contributed by atoms with E-state index in [2.05, 4.69) is 36.0 Å². The van der Waals surface area contributed by atoms with Gasteiger partial charge in [-0.2, -0.15) is 0 Å². The average molecular weight is 239 g/mol. The Morgan fingerprint density at radius 3 is 2.65 bits per heavy atom. The van der Waals surface area contributed by atoms with Gasteiger partial charge >= 0.3 is 0 Å². The summed E-state index contributed by atoms with van der Waals surface area (Å²) in [5.41, 5.74) is 0. The quantitative estimate of drug-likeness (QED) is 0.800. The Hall–Kier alpha value is -0.120. The van der Waals surface area contributed by atoms with Gasteiger partial charge in [0.05, 0.1) is 0 Å². The molecule has 0 spiro atoms. The van der Waals surface area contributed by atoms with Crippen LogP contribution in [0.2, 0.25) is 0 Å². The fourth-order valence-corrected chi connectivity index (χ4v) is 3.16. The standard InChI is InChI=1S/C14H29N3/c1-12(2)17-8-6-13(10-17)9-15-14-5-4-7-16(3)11-14/h12-15H,4-11H2,1-3H3. The summed E-state index contributed by atoms with van der Waals surface area (Å²) in [4.78, 5) is 5.07. The van der Waals surface area contributed by atoms with Crippen LogP contribution in [0.5, 0.6) is 0 Å². The molecule has 2 rings (SSSR count). The van der Waals surface area contributed by atoms with Gasteiger partial charge in [0, 0.05) is 25.2 Å². The van der Waals surface area contributed by atoms with Crippen molar-refractivity contribution in [1.29, 1.82) is 0 Å². The van der Waals surface area contributed by atoms with Crippen molar-refractivity contribution in [2.24, 2.45) is 5.92 Å². The molecule has 0 aromatic heterocycles. The third-order valence-corrected chi connectivity index (χ3v) is 4.37. The lowest BCUT2D eigenvalue weighted by atomic mass is 10.0. The third-order valence-electron chi connectivity index (χ3n) is 4.37. The third kappa shape index (κ3) is 3.94.